The molecule has 3 nitrogen and oxygen atoms in total. The minimum Gasteiger partial charge on any atom is -0.375 e. The number of nitrogens with two attached hydrogens (primary N) is 1. The molecular formula is C8H17NO2. The van der Waals surface area contributed by atoms with Crippen molar-refractivity contribution in [2.75, 3.05) is 20.3 Å². The molecule has 66 valence electrons. The molecule has 0 radical (unpaired) electrons. The molecule has 0 aromatic rings. The summed E-state index contributed by atoms with van der Waals surface area (Å²) in [6.45, 7) is 3.32. The van der Waals surface area contributed by atoms with Gasteiger partial charge in [-0.3, -0.25) is 0 Å². The van der Waals surface area contributed by atoms with E-state index in [0.29, 0.717) is 19.3 Å². The van der Waals surface area contributed by atoms with Crippen molar-refractivity contribution >= 4 is 0 Å². The van der Waals surface area contributed by atoms with Gasteiger partial charge in [0.25, 0.3) is 0 Å². The highest BCUT2D eigenvalue weighted by Gasteiger charge is 2.38. The summed E-state index contributed by atoms with van der Waals surface area (Å²) in [6, 6.07) is 0. The van der Waals surface area contributed by atoms with Crippen molar-refractivity contribution in [3.63, 3.8) is 0 Å². The second kappa shape index (κ2) is 3.52. The second-order valence-corrected chi connectivity index (χ2v) is 3.14. The molecule has 2 unspecified atom stereocenters. The van der Waals surface area contributed by atoms with E-state index in [1.165, 1.54) is 0 Å². The third kappa shape index (κ3) is 1.72. The molecule has 0 aromatic carbocycles. The maximum Gasteiger partial charge on any atom is 0.106 e. The van der Waals surface area contributed by atoms with Crippen LogP contribution in [0.5, 0.6) is 0 Å². The van der Waals surface area contributed by atoms with E-state index < -0.39 is 0 Å². The maximum atomic E-state index is 5.59. The summed E-state index contributed by atoms with van der Waals surface area (Å²) < 4.78 is 10.8. The van der Waals surface area contributed by atoms with E-state index in [1.54, 1.807) is 7.11 Å². The highest BCUT2D eigenvalue weighted by Crippen LogP contribution is 2.27. The van der Waals surface area contributed by atoms with Gasteiger partial charge in [0.15, 0.2) is 0 Å². The first-order valence-corrected chi connectivity index (χ1v) is 4.13. The first kappa shape index (κ1) is 8.97. The molecule has 2 atom stereocenters. The number of ether oxygens (including phenoxy) is 2. The van der Waals surface area contributed by atoms with Crippen LogP contribution in [0.25, 0.3) is 0 Å². The smallest absolute Gasteiger partial charge is 0.106 e. The van der Waals surface area contributed by atoms with Crippen LogP contribution in [0, 0.1) is 0 Å². The summed E-state index contributed by atoms with van der Waals surface area (Å²) in [5.41, 5.74) is 5.40. The molecule has 0 saturated carbocycles. The van der Waals surface area contributed by atoms with E-state index >= 15 is 0 Å². The van der Waals surface area contributed by atoms with Gasteiger partial charge in [-0.05, 0) is 6.42 Å². The second-order valence-electron chi connectivity index (χ2n) is 3.14. The van der Waals surface area contributed by atoms with Crippen LogP contribution in [0.2, 0.25) is 0 Å². The van der Waals surface area contributed by atoms with E-state index in [2.05, 4.69) is 6.92 Å². The van der Waals surface area contributed by atoms with Crippen molar-refractivity contribution in [3.05, 3.63) is 0 Å². The van der Waals surface area contributed by atoms with Crippen molar-refractivity contribution in [2.24, 2.45) is 5.73 Å². The van der Waals surface area contributed by atoms with E-state index in [-0.39, 0.29) is 5.60 Å². The van der Waals surface area contributed by atoms with Gasteiger partial charge in [0.2, 0.25) is 0 Å². The molecule has 11 heavy (non-hydrogen) atoms. The molecule has 1 aliphatic heterocycles. The zero-order valence-corrected chi connectivity index (χ0v) is 7.30. The summed E-state index contributed by atoms with van der Waals surface area (Å²) in [4.78, 5) is 0. The average Bonchev–Trinajstić information content (AvgIpc) is 2.49. The van der Waals surface area contributed by atoms with E-state index in [1.807, 2.05) is 0 Å². The van der Waals surface area contributed by atoms with Gasteiger partial charge in [-0.1, -0.05) is 6.92 Å². The Balaban J connectivity index is 2.48. The molecule has 1 fully saturated rings. The van der Waals surface area contributed by atoms with Gasteiger partial charge in [0, 0.05) is 20.1 Å². The lowest BCUT2D eigenvalue weighted by Gasteiger charge is -2.23. The Hall–Kier alpha value is -0.120. The van der Waals surface area contributed by atoms with Gasteiger partial charge in [-0.2, -0.15) is 0 Å². The maximum absolute atomic E-state index is 5.59. The molecule has 1 saturated heterocycles. The average molecular weight is 159 g/mol. The fourth-order valence-corrected chi connectivity index (χ4v) is 1.43. The molecule has 0 aliphatic carbocycles. The van der Waals surface area contributed by atoms with E-state index in [9.17, 15) is 0 Å². The normalized spacial score (nSPS) is 37.9. The summed E-state index contributed by atoms with van der Waals surface area (Å²) in [5.74, 6) is 0. The third-order valence-corrected chi connectivity index (χ3v) is 2.44. The van der Waals surface area contributed by atoms with Crippen LogP contribution in [0.15, 0.2) is 0 Å². The Kier molecular flexibility index (Phi) is 2.87. The quantitative estimate of drug-likeness (QED) is 0.653. The van der Waals surface area contributed by atoms with E-state index in [0.717, 1.165) is 12.8 Å². The van der Waals surface area contributed by atoms with Crippen molar-refractivity contribution < 1.29 is 9.47 Å². The number of hydrogen-bond acceptors (Lipinski definition) is 3. The minimum atomic E-state index is -0.194. The lowest BCUT2D eigenvalue weighted by molar-refractivity contribution is -0.0114. The van der Waals surface area contributed by atoms with E-state index in [4.69, 9.17) is 15.2 Å². The summed E-state index contributed by atoms with van der Waals surface area (Å²) in [6.07, 6.45) is 2.33. The number of rotatable bonds is 3. The molecular weight excluding hydrogens is 142 g/mol. The van der Waals surface area contributed by atoms with Crippen molar-refractivity contribution in [3.8, 4) is 0 Å². The van der Waals surface area contributed by atoms with Gasteiger partial charge in [0.1, 0.15) is 5.60 Å². The first-order valence-electron chi connectivity index (χ1n) is 4.13. The fraction of sp³-hybridized carbons (Fsp3) is 1.00. The molecule has 3 heteroatoms. The third-order valence-electron chi connectivity index (χ3n) is 2.44. The SMILES string of the molecule is CCC1CC(CN)(OC)CO1. The van der Waals surface area contributed by atoms with Crippen LogP contribution in [0.4, 0.5) is 0 Å². The van der Waals surface area contributed by atoms with Gasteiger partial charge in [-0.15, -0.1) is 0 Å². The Labute approximate surface area is 67.9 Å². The Morgan fingerprint density at radius 3 is 2.73 bits per heavy atom. The van der Waals surface area contributed by atoms with Crippen LogP contribution < -0.4 is 5.73 Å². The Bertz CT molecular complexity index is 123. The molecule has 1 aliphatic rings. The van der Waals surface area contributed by atoms with Gasteiger partial charge < -0.3 is 15.2 Å². The van der Waals surface area contributed by atoms with Crippen molar-refractivity contribution in [1.82, 2.24) is 0 Å². The standard InChI is InChI=1S/C8H17NO2/c1-3-7-4-8(5-9,10-2)6-11-7/h7H,3-6,9H2,1-2H3. The van der Waals surface area contributed by atoms with Gasteiger partial charge in [0.05, 0.1) is 12.7 Å². The molecule has 1 heterocycles. The number of methoxy groups -OCH3 is 1. The fourth-order valence-electron chi connectivity index (χ4n) is 1.43. The Morgan fingerprint density at radius 2 is 2.45 bits per heavy atom. The first-order chi connectivity index (χ1) is 5.26. The largest absolute Gasteiger partial charge is 0.375 e. The minimum absolute atomic E-state index is 0.194. The molecule has 0 aromatic heterocycles. The predicted molar refractivity (Wildman–Crippen MR) is 43.4 cm³/mol. The zero-order valence-electron chi connectivity index (χ0n) is 7.30. The van der Waals surface area contributed by atoms with Gasteiger partial charge in [-0.25, -0.2) is 0 Å². The lowest BCUT2D eigenvalue weighted by atomic mass is 9.99. The molecule has 1 rings (SSSR count). The predicted octanol–water partition coefficient (Wildman–Crippen LogP) is 0.529. The number of hydrogen-bond donors (Lipinski definition) is 1. The van der Waals surface area contributed by atoms with Gasteiger partial charge >= 0.3 is 0 Å². The molecule has 0 amide bonds. The monoisotopic (exact) mass is 159 g/mol. The van der Waals surface area contributed by atoms with Crippen LogP contribution in [-0.2, 0) is 9.47 Å². The topological polar surface area (TPSA) is 44.5 Å². The lowest BCUT2D eigenvalue weighted by Crippen LogP contribution is -2.40. The van der Waals surface area contributed by atoms with Crippen LogP contribution in [0.1, 0.15) is 19.8 Å². The van der Waals surface area contributed by atoms with Crippen LogP contribution in [0.3, 0.4) is 0 Å². The van der Waals surface area contributed by atoms with Crippen molar-refractivity contribution in [1.29, 1.82) is 0 Å². The van der Waals surface area contributed by atoms with Crippen LogP contribution >= 0.6 is 0 Å². The summed E-state index contributed by atoms with van der Waals surface area (Å²) in [7, 11) is 1.70. The summed E-state index contributed by atoms with van der Waals surface area (Å²) in [5, 5.41) is 0. The molecule has 2 N–H and O–H groups in total. The zero-order chi connectivity index (χ0) is 8.32. The Morgan fingerprint density at radius 1 is 1.73 bits per heavy atom. The highest BCUT2D eigenvalue weighted by atomic mass is 16.6. The van der Waals surface area contributed by atoms with Crippen molar-refractivity contribution in [2.45, 2.75) is 31.5 Å². The summed E-state index contributed by atoms with van der Waals surface area (Å²) >= 11 is 0. The highest BCUT2D eigenvalue weighted by molar-refractivity contribution is 4.89. The molecule has 0 spiro atoms. The molecule has 0 bridgehead atoms. The van der Waals surface area contributed by atoms with Crippen LogP contribution in [-0.4, -0.2) is 32.0 Å².